The molecule has 3 heterocycles. The molecule has 0 unspecified atom stereocenters. The van der Waals surface area contributed by atoms with Crippen LogP contribution in [0.15, 0.2) is 12.1 Å². The van der Waals surface area contributed by atoms with Gasteiger partial charge in [0.2, 0.25) is 0 Å². The van der Waals surface area contributed by atoms with Crippen molar-refractivity contribution in [2.24, 2.45) is 5.92 Å². The van der Waals surface area contributed by atoms with Crippen molar-refractivity contribution in [3.05, 3.63) is 23.4 Å². The van der Waals surface area contributed by atoms with Crippen molar-refractivity contribution in [3.8, 4) is 6.07 Å². The molecule has 2 atom stereocenters. The monoisotopic (exact) mass is 300 g/mol. The highest BCUT2D eigenvalue weighted by Crippen LogP contribution is 2.28. The molecule has 118 valence electrons. The summed E-state index contributed by atoms with van der Waals surface area (Å²) in [6, 6.07) is 6.46. The summed E-state index contributed by atoms with van der Waals surface area (Å²) in [6.07, 6.45) is 0. The Morgan fingerprint density at radius 2 is 2.09 bits per heavy atom. The van der Waals surface area contributed by atoms with E-state index in [1.807, 2.05) is 12.1 Å². The molecular weight excluding hydrogens is 276 g/mol. The summed E-state index contributed by atoms with van der Waals surface area (Å²) in [6.45, 7) is 8.68. The van der Waals surface area contributed by atoms with Gasteiger partial charge in [0.25, 0.3) is 0 Å². The lowest BCUT2D eigenvalue weighted by Crippen LogP contribution is -2.43. The molecule has 2 fully saturated rings. The fraction of sp³-hybridized carbons (Fsp3) is 0.647. The van der Waals surface area contributed by atoms with Crippen molar-refractivity contribution in [1.29, 1.82) is 5.26 Å². The minimum absolute atomic E-state index is 0.263. The predicted molar refractivity (Wildman–Crippen MR) is 86.0 cm³/mol. The first-order chi connectivity index (χ1) is 10.6. The van der Waals surface area contributed by atoms with Gasteiger partial charge in [0, 0.05) is 31.2 Å². The van der Waals surface area contributed by atoms with Crippen LogP contribution in [0.4, 0.5) is 5.82 Å². The number of rotatable bonds is 2. The van der Waals surface area contributed by atoms with Crippen LogP contribution in [0.5, 0.6) is 0 Å². The van der Waals surface area contributed by atoms with E-state index in [4.69, 9.17) is 9.72 Å². The maximum absolute atomic E-state index is 9.48. The molecule has 0 saturated carbocycles. The Morgan fingerprint density at radius 3 is 2.82 bits per heavy atom. The van der Waals surface area contributed by atoms with Gasteiger partial charge in [-0.3, -0.25) is 0 Å². The van der Waals surface area contributed by atoms with E-state index in [0.717, 1.165) is 37.8 Å². The zero-order valence-electron chi connectivity index (χ0n) is 13.6. The Hall–Kier alpha value is -1.64. The van der Waals surface area contributed by atoms with Gasteiger partial charge in [-0.05, 0) is 25.1 Å². The van der Waals surface area contributed by atoms with E-state index >= 15 is 0 Å². The van der Waals surface area contributed by atoms with Crippen LogP contribution in [-0.4, -0.2) is 55.8 Å². The van der Waals surface area contributed by atoms with Gasteiger partial charge in [-0.15, -0.1) is 0 Å². The molecule has 0 amide bonds. The van der Waals surface area contributed by atoms with Crippen molar-refractivity contribution in [2.45, 2.75) is 25.8 Å². The van der Waals surface area contributed by atoms with Gasteiger partial charge >= 0.3 is 0 Å². The second-order valence-corrected chi connectivity index (χ2v) is 6.80. The third-order valence-electron chi connectivity index (χ3n) is 4.53. The number of fused-ring (bicyclic) bond motifs is 3. The standard InChI is InChI=1S/C17H24N4O/c1-12(2)16-5-4-14(6-18)17(19-16)21-8-13-7-20(3)9-15(21)11-22-10-13/h4-5,12-13,15H,7-11H2,1-3H3/t13-,15-/m0/s1. The first-order valence-electron chi connectivity index (χ1n) is 8.02. The van der Waals surface area contributed by atoms with Crippen LogP contribution in [-0.2, 0) is 4.74 Å². The highest BCUT2D eigenvalue weighted by atomic mass is 16.5. The van der Waals surface area contributed by atoms with Gasteiger partial charge < -0.3 is 14.5 Å². The van der Waals surface area contributed by atoms with Gasteiger partial charge in [-0.2, -0.15) is 5.26 Å². The minimum atomic E-state index is 0.263. The Labute approximate surface area is 132 Å². The van der Waals surface area contributed by atoms with Gasteiger partial charge in [0.1, 0.15) is 11.9 Å². The maximum Gasteiger partial charge on any atom is 0.147 e. The molecule has 2 aliphatic rings. The lowest BCUT2D eigenvalue weighted by Gasteiger charge is -2.31. The number of nitriles is 1. The van der Waals surface area contributed by atoms with Gasteiger partial charge in [-0.25, -0.2) is 4.98 Å². The number of aromatic nitrogens is 1. The molecule has 2 bridgehead atoms. The maximum atomic E-state index is 9.48. The number of hydrogen-bond acceptors (Lipinski definition) is 5. The summed E-state index contributed by atoms with van der Waals surface area (Å²) in [5.74, 6) is 1.66. The quantitative estimate of drug-likeness (QED) is 0.834. The molecule has 0 spiro atoms. The zero-order chi connectivity index (χ0) is 15.7. The van der Waals surface area contributed by atoms with Crippen LogP contribution < -0.4 is 4.90 Å². The summed E-state index contributed by atoms with van der Waals surface area (Å²) >= 11 is 0. The molecule has 1 aromatic rings. The van der Waals surface area contributed by atoms with Crippen molar-refractivity contribution < 1.29 is 4.74 Å². The van der Waals surface area contributed by atoms with Gasteiger partial charge in [0.15, 0.2) is 0 Å². The molecule has 0 radical (unpaired) electrons. The Bertz CT molecular complexity index is 581. The summed E-state index contributed by atoms with van der Waals surface area (Å²) in [4.78, 5) is 9.51. The summed E-state index contributed by atoms with van der Waals surface area (Å²) in [5, 5.41) is 9.48. The number of ether oxygens (including phenoxy) is 1. The number of anilines is 1. The molecule has 0 aromatic carbocycles. The minimum Gasteiger partial charge on any atom is -0.379 e. The Kier molecular flexibility index (Phi) is 4.32. The molecule has 5 heteroatoms. The number of nitrogens with zero attached hydrogens (tertiary/aromatic N) is 4. The van der Waals surface area contributed by atoms with Crippen LogP contribution in [0, 0.1) is 17.2 Å². The average Bonchev–Trinajstić information content (AvgIpc) is 2.76. The van der Waals surface area contributed by atoms with Crippen molar-refractivity contribution in [1.82, 2.24) is 9.88 Å². The molecule has 2 aliphatic heterocycles. The molecular formula is C17H24N4O. The molecule has 0 N–H and O–H groups in total. The van der Waals surface area contributed by atoms with E-state index in [-0.39, 0.29) is 6.04 Å². The number of hydrogen-bond donors (Lipinski definition) is 0. The fourth-order valence-corrected chi connectivity index (χ4v) is 3.43. The summed E-state index contributed by atoms with van der Waals surface area (Å²) < 4.78 is 5.83. The van der Waals surface area contributed by atoms with Crippen molar-refractivity contribution in [3.63, 3.8) is 0 Å². The highest BCUT2D eigenvalue weighted by molar-refractivity contribution is 5.55. The molecule has 22 heavy (non-hydrogen) atoms. The smallest absolute Gasteiger partial charge is 0.147 e. The van der Waals surface area contributed by atoms with Crippen LogP contribution in [0.25, 0.3) is 0 Å². The van der Waals surface area contributed by atoms with Crippen LogP contribution in [0.3, 0.4) is 0 Å². The van der Waals surface area contributed by atoms with Crippen LogP contribution >= 0.6 is 0 Å². The lowest BCUT2D eigenvalue weighted by molar-refractivity contribution is 0.0725. The van der Waals surface area contributed by atoms with Crippen LogP contribution in [0.2, 0.25) is 0 Å². The SMILES string of the molecule is CC(C)c1ccc(C#N)c(N2C[C@H]3COC[C@@H]2CN(C)C3)n1. The summed E-state index contributed by atoms with van der Waals surface area (Å²) in [7, 11) is 2.16. The van der Waals surface area contributed by atoms with Crippen molar-refractivity contribution >= 4 is 5.82 Å². The second kappa shape index (κ2) is 6.23. The van der Waals surface area contributed by atoms with Gasteiger partial charge in [0.05, 0.1) is 24.8 Å². The molecule has 2 saturated heterocycles. The van der Waals surface area contributed by atoms with E-state index in [9.17, 15) is 5.26 Å². The summed E-state index contributed by atoms with van der Waals surface area (Å²) in [5.41, 5.74) is 1.71. The van der Waals surface area contributed by atoms with E-state index in [2.05, 4.69) is 36.8 Å². The molecule has 3 rings (SSSR count). The molecule has 5 nitrogen and oxygen atoms in total. The van der Waals surface area contributed by atoms with E-state index in [1.165, 1.54) is 0 Å². The predicted octanol–water partition coefficient (Wildman–Crippen LogP) is 1.84. The normalized spacial score (nSPS) is 25.9. The zero-order valence-corrected chi connectivity index (χ0v) is 13.6. The van der Waals surface area contributed by atoms with Crippen molar-refractivity contribution in [2.75, 3.05) is 44.8 Å². The first kappa shape index (κ1) is 15.3. The van der Waals surface area contributed by atoms with Gasteiger partial charge in [-0.1, -0.05) is 13.8 Å². The Balaban J connectivity index is 2.01. The van der Waals surface area contributed by atoms with E-state index < -0.39 is 0 Å². The van der Waals surface area contributed by atoms with Crippen LogP contribution in [0.1, 0.15) is 31.0 Å². The number of pyridine rings is 1. The average molecular weight is 300 g/mol. The topological polar surface area (TPSA) is 52.4 Å². The third kappa shape index (κ3) is 2.94. The lowest BCUT2D eigenvalue weighted by atomic mass is 10.1. The third-order valence-corrected chi connectivity index (χ3v) is 4.53. The Morgan fingerprint density at radius 1 is 1.27 bits per heavy atom. The second-order valence-electron chi connectivity index (χ2n) is 6.80. The van der Waals surface area contributed by atoms with E-state index in [0.29, 0.717) is 24.0 Å². The number of likely N-dealkylation sites (N-methyl/N-ethyl adjacent to an activating group) is 1. The fourth-order valence-electron chi connectivity index (χ4n) is 3.43. The first-order valence-corrected chi connectivity index (χ1v) is 8.02. The highest BCUT2D eigenvalue weighted by Gasteiger charge is 2.34. The molecule has 0 aliphatic carbocycles. The molecule has 1 aromatic heterocycles. The van der Waals surface area contributed by atoms with E-state index in [1.54, 1.807) is 0 Å². The largest absolute Gasteiger partial charge is 0.379 e.